The molecule has 1 N–H and O–H groups in total. The number of rotatable bonds is 5. The van der Waals surface area contributed by atoms with E-state index in [-0.39, 0.29) is 0 Å². The van der Waals surface area contributed by atoms with E-state index in [1.807, 2.05) is 12.4 Å². The first-order valence-corrected chi connectivity index (χ1v) is 8.04. The number of nitrogens with one attached hydrogen (secondary N) is 1. The zero-order valence-corrected chi connectivity index (χ0v) is 12.7. The van der Waals surface area contributed by atoms with Crippen LogP contribution in [0.4, 0.5) is 0 Å². The van der Waals surface area contributed by atoms with Gasteiger partial charge in [-0.15, -0.1) is 0 Å². The first-order valence-electron chi connectivity index (χ1n) is 8.04. The van der Waals surface area contributed by atoms with Crippen molar-refractivity contribution in [2.24, 2.45) is 5.92 Å². The van der Waals surface area contributed by atoms with Gasteiger partial charge in [0.05, 0.1) is 0 Å². The number of benzene rings is 1. The molecule has 0 radical (unpaired) electrons. The lowest BCUT2D eigenvalue weighted by molar-refractivity contribution is 0.0537. The molecule has 1 fully saturated rings. The highest BCUT2D eigenvalue weighted by molar-refractivity contribution is 5.85. The molecule has 0 saturated carbocycles. The number of ether oxygens (including phenoxy) is 1. The second-order valence-electron chi connectivity index (χ2n) is 5.83. The van der Waals surface area contributed by atoms with Crippen LogP contribution in [0.1, 0.15) is 37.8 Å². The summed E-state index contributed by atoms with van der Waals surface area (Å²) in [4.78, 5) is 4.47. The van der Waals surface area contributed by atoms with Crippen LogP contribution in [0.15, 0.2) is 36.7 Å². The summed E-state index contributed by atoms with van der Waals surface area (Å²) in [5, 5.41) is 6.31. The minimum Gasteiger partial charge on any atom is -0.381 e. The number of pyridine rings is 1. The van der Waals surface area contributed by atoms with Crippen LogP contribution in [-0.2, 0) is 4.74 Å². The van der Waals surface area contributed by atoms with Crippen molar-refractivity contribution < 1.29 is 4.74 Å². The first kappa shape index (κ1) is 14.5. The van der Waals surface area contributed by atoms with Gasteiger partial charge in [-0.1, -0.05) is 31.2 Å². The Labute approximate surface area is 126 Å². The molecular formula is C18H24N2O. The molecule has 0 aliphatic carbocycles. The molecular weight excluding hydrogens is 260 g/mol. The Morgan fingerprint density at radius 1 is 1.24 bits per heavy atom. The summed E-state index contributed by atoms with van der Waals surface area (Å²) < 4.78 is 5.53. The van der Waals surface area contributed by atoms with Crippen molar-refractivity contribution in [3.63, 3.8) is 0 Å². The first-order chi connectivity index (χ1) is 10.4. The van der Waals surface area contributed by atoms with Gasteiger partial charge in [-0.25, -0.2) is 0 Å². The molecule has 1 aromatic carbocycles. The summed E-state index contributed by atoms with van der Waals surface area (Å²) in [6, 6.07) is 8.94. The highest BCUT2D eigenvalue weighted by Gasteiger charge is 2.26. The van der Waals surface area contributed by atoms with Gasteiger partial charge in [0.2, 0.25) is 0 Å². The smallest absolute Gasteiger partial charge is 0.0469 e. The van der Waals surface area contributed by atoms with E-state index < -0.39 is 0 Å². The van der Waals surface area contributed by atoms with Crippen molar-refractivity contribution in [1.82, 2.24) is 10.3 Å². The van der Waals surface area contributed by atoms with E-state index in [1.165, 1.54) is 16.3 Å². The predicted octanol–water partition coefficient (Wildman–Crippen LogP) is 3.70. The Bertz CT molecular complexity index is 573. The molecule has 0 amide bonds. The van der Waals surface area contributed by atoms with Crippen LogP contribution >= 0.6 is 0 Å². The average molecular weight is 284 g/mol. The largest absolute Gasteiger partial charge is 0.381 e. The van der Waals surface area contributed by atoms with Crippen LogP contribution in [0.5, 0.6) is 0 Å². The molecule has 0 spiro atoms. The summed E-state index contributed by atoms with van der Waals surface area (Å²) in [6.07, 6.45) is 7.41. The maximum atomic E-state index is 5.53. The van der Waals surface area contributed by atoms with Gasteiger partial charge in [-0.05, 0) is 42.7 Å². The lowest BCUT2D eigenvalue weighted by Crippen LogP contribution is -2.32. The molecule has 1 unspecified atom stereocenters. The lowest BCUT2D eigenvalue weighted by Gasteiger charge is -2.32. The fourth-order valence-electron chi connectivity index (χ4n) is 3.27. The van der Waals surface area contributed by atoms with Crippen LogP contribution in [-0.4, -0.2) is 24.7 Å². The molecule has 3 nitrogen and oxygen atoms in total. The van der Waals surface area contributed by atoms with E-state index >= 15 is 0 Å². The molecule has 0 bridgehead atoms. The minimum atomic E-state index is 0.382. The van der Waals surface area contributed by atoms with Crippen molar-refractivity contribution in [3.05, 3.63) is 42.2 Å². The molecule has 1 atom stereocenters. The van der Waals surface area contributed by atoms with Crippen molar-refractivity contribution >= 4 is 10.8 Å². The van der Waals surface area contributed by atoms with E-state index in [2.05, 4.69) is 41.5 Å². The third-order valence-corrected chi connectivity index (χ3v) is 4.39. The van der Waals surface area contributed by atoms with Crippen LogP contribution in [0.25, 0.3) is 10.8 Å². The van der Waals surface area contributed by atoms with Crippen LogP contribution < -0.4 is 5.32 Å². The second-order valence-corrected chi connectivity index (χ2v) is 5.83. The zero-order chi connectivity index (χ0) is 14.5. The Balaban J connectivity index is 1.96. The van der Waals surface area contributed by atoms with E-state index in [4.69, 9.17) is 4.74 Å². The Hall–Kier alpha value is -1.45. The predicted molar refractivity (Wildman–Crippen MR) is 86.3 cm³/mol. The van der Waals surface area contributed by atoms with Gasteiger partial charge in [0.1, 0.15) is 0 Å². The maximum absolute atomic E-state index is 5.53. The number of hydrogen-bond acceptors (Lipinski definition) is 3. The van der Waals surface area contributed by atoms with E-state index in [9.17, 15) is 0 Å². The Morgan fingerprint density at radius 3 is 2.86 bits per heavy atom. The van der Waals surface area contributed by atoms with Crippen molar-refractivity contribution in [3.8, 4) is 0 Å². The van der Waals surface area contributed by atoms with Gasteiger partial charge in [0.15, 0.2) is 0 Å². The third-order valence-electron chi connectivity index (χ3n) is 4.39. The van der Waals surface area contributed by atoms with Gasteiger partial charge in [0, 0.05) is 37.0 Å². The van der Waals surface area contributed by atoms with E-state index in [1.54, 1.807) is 0 Å². The van der Waals surface area contributed by atoms with Crippen molar-refractivity contribution in [2.45, 2.75) is 32.2 Å². The molecule has 1 aliphatic heterocycles. The molecule has 3 rings (SSSR count). The molecule has 112 valence electrons. The van der Waals surface area contributed by atoms with E-state index in [0.29, 0.717) is 12.0 Å². The molecule has 1 saturated heterocycles. The summed E-state index contributed by atoms with van der Waals surface area (Å²) >= 11 is 0. The van der Waals surface area contributed by atoms with Crippen molar-refractivity contribution in [2.75, 3.05) is 19.8 Å². The summed E-state index contributed by atoms with van der Waals surface area (Å²) in [5.41, 5.74) is 1.34. The highest BCUT2D eigenvalue weighted by Crippen LogP contribution is 2.33. The third kappa shape index (κ3) is 3.25. The standard InChI is InChI=1S/C18H24N2O/c1-2-9-20-18(14-7-10-21-11-8-14)17-13-19-12-15-5-3-4-6-16(15)17/h3-6,12-14,18,20H,2,7-11H2,1H3. The zero-order valence-electron chi connectivity index (χ0n) is 12.7. The average Bonchev–Trinajstić information content (AvgIpc) is 2.56. The molecule has 2 aromatic rings. The minimum absolute atomic E-state index is 0.382. The fraction of sp³-hybridized carbons (Fsp3) is 0.500. The van der Waals surface area contributed by atoms with Gasteiger partial charge in [-0.3, -0.25) is 4.98 Å². The molecule has 3 heteroatoms. The van der Waals surface area contributed by atoms with Gasteiger partial charge < -0.3 is 10.1 Å². The Kier molecular flexibility index (Phi) is 4.84. The second kappa shape index (κ2) is 7.01. The summed E-state index contributed by atoms with van der Waals surface area (Å²) in [6.45, 7) is 5.03. The topological polar surface area (TPSA) is 34.2 Å². The highest BCUT2D eigenvalue weighted by atomic mass is 16.5. The fourth-order valence-corrected chi connectivity index (χ4v) is 3.27. The normalized spacial score (nSPS) is 18.0. The van der Waals surface area contributed by atoms with Gasteiger partial charge in [-0.2, -0.15) is 0 Å². The number of aromatic nitrogens is 1. The molecule has 1 aliphatic rings. The maximum Gasteiger partial charge on any atom is 0.0469 e. The monoisotopic (exact) mass is 284 g/mol. The summed E-state index contributed by atoms with van der Waals surface area (Å²) in [7, 11) is 0. The summed E-state index contributed by atoms with van der Waals surface area (Å²) in [5.74, 6) is 0.637. The van der Waals surface area contributed by atoms with Crippen molar-refractivity contribution in [1.29, 1.82) is 0 Å². The van der Waals surface area contributed by atoms with Crippen LogP contribution in [0.3, 0.4) is 0 Å². The quantitative estimate of drug-likeness (QED) is 0.909. The molecule has 2 heterocycles. The molecule has 21 heavy (non-hydrogen) atoms. The SMILES string of the molecule is CCCNC(c1cncc2ccccc12)C1CCOCC1. The molecule has 1 aromatic heterocycles. The van der Waals surface area contributed by atoms with E-state index in [0.717, 1.165) is 39.0 Å². The number of fused-ring (bicyclic) bond motifs is 1. The lowest BCUT2D eigenvalue weighted by atomic mass is 9.86. The van der Waals surface area contributed by atoms with Gasteiger partial charge in [0.25, 0.3) is 0 Å². The van der Waals surface area contributed by atoms with Crippen LogP contribution in [0.2, 0.25) is 0 Å². The van der Waals surface area contributed by atoms with Gasteiger partial charge >= 0.3 is 0 Å². The Morgan fingerprint density at radius 2 is 2.05 bits per heavy atom. The number of hydrogen-bond donors (Lipinski definition) is 1. The van der Waals surface area contributed by atoms with Crippen LogP contribution in [0, 0.1) is 5.92 Å². The number of nitrogens with zero attached hydrogens (tertiary/aromatic N) is 1.